The van der Waals surface area contributed by atoms with Crippen LogP contribution in [0.2, 0.25) is 5.28 Å². The number of nitrogens with zero attached hydrogens (tertiary/aromatic N) is 8. The normalized spacial score (nSPS) is 10.7. The molecule has 0 aromatic carbocycles. The van der Waals surface area contributed by atoms with E-state index in [4.69, 9.17) is 23.1 Å². The van der Waals surface area contributed by atoms with Crippen molar-refractivity contribution in [3.8, 4) is 0 Å². The minimum Gasteiger partial charge on any atom is -0.368 e. The number of rotatable bonds is 7. The maximum absolute atomic E-state index is 5.67. The maximum Gasteiger partial charge on any atom is 0.231 e. The van der Waals surface area contributed by atoms with Crippen LogP contribution >= 0.6 is 23.4 Å². The van der Waals surface area contributed by atoms with E-state index in [2.05, 4.69) is 62.5 Å². The van der Waals surface area contributed by atoms with Gasteiger partial charge in [-0.05, 0) is 59.4 Å². The summed E-state index contributed by atoms with van der Waals surface area (Å²) in [5.74, 6) is 1.62. The molecule has 0 amide bonds. The molecular formula is C17H31ClN10S. The summed E-state index contributed by atoms with van der Waals surface area (Å²) in [4.78, 5) is 28.3. The predicted octanol–water partition coefficient (Wildman–Crippen LogP) is 2.75. The van der Waals surface area contributed by atoms with Crippen molar-refractivity contribution in [3.63, 3.8) is 0 Å². The Kier molecular flexibility index (Phi) is 10.1. The summed E-state index contributed by atoms with van der Waals surface area (Å²) >= 11 is 7.11. The summed E-state index contributed by atoms with van der Waals surface area (Å²) < 4.78 is 0. The van der Waals surface area contributed by atoms with E-state index in [0.29, 0.717) is 29.1 Å². The lowest BCUT2D eigenvalue weighted by atomic mass is 10.2. The van der Waals surface area contributed by atoms with Crippen LogP contribution in [-0.2, 0) is 0 Å². The number of nitrogens with two attached hydrogens (primary N) is 2. The maximum atomic E-state index is 5.67. The summed E-state index contributed by atoms with van der Waals surface area (Å²) in [5.41, 5.74) is 11.1. The van der Waals surface area contributed by atoms with Gasteiger partial charge in [0.05, 0.1) is 0 Å². The first kappa shape index (κ1) is 24.9. The lowest BCUT2D eigenvalue weighted by Crippen LogP contribution is -2.38. The molecule has 29 heavy (non-hydrogen) atoms. The van der Waals surface area contributed by atoms with Crippen molar-refractivity contribution in [1.82, 2.24) is 29.9 Å². The molecule has 2 heterocycles. The summed E-state index contributed by atoms with van der Waals surface area (Å²) in [6.45, 7) is 14.1. The van der Waals surface area contributed by atoms with Gasteiger partial charge in [-0.3, -0.25) is 0 Å². The zero-order valence-corrected chi connectivity index (χ0v) is 19.7. The third-order valence-corrected chi connectivity index (χ3v) is 4.52. The summed E-state index contributed by atoms with van der Waals surface area (Å²) in [6.07, 6.45) is 1.92. The number of nitrogen functional groups attached to an aromatic ring is 2. The van der Waals surface area contributed by atoms with Gasteiger partial charge >= 0.3 is 0 Å². The first-order chi connectivity index (χ1) is 13.6. The average molecular weight is 443 g/mol. The molecule has 10 nitrogen and oxygen atoms in total. The predicted molar refractivity (Wildman–Crippen MR) is 122 cm³/mol. The van der Waals surface area contributed by atoms with Gasteiger partial charge in [-0.15, -0.1) is 0 Å². The molecule has 0 saturated carbocycles. The van der Waals surface area contributed by atoms with Crippen LogP contribution in [0.3, 0.4) is 0 Å². The van der Waals surface area contributed by atoms with Crippen LogP contribution in [0.1, 0.15) is 41.5 Å². The average Bonchev–Trinajstić information content (AvgIpc) is 2.61. The lowest BCUT2D eigenvalue weighted by molar-refractivity contribution is 0.585. The number of thioether (sulfide) groups is 1. The molecule has 0 aliphatic heterocycles. The largest absolute Gasteiger partial charge is 0.368 e. The van der Waals surface area contributed by atoms with Crippen molar-refractivity contribution in [2.24, 2.45) is 0 Å². The Bertz CT molecular complexity index is 742. The first-order valence-corrected chi connectivity index (χ1v) is 11.0. The minimum atomic E-state index is 0.134. The Balaban J connectivity index is 0.000000296. The molecule has 0 unspecified atom stereocenters. The summed E-state index contributed by atoms with van der Waals surface area (Å²) in [5, 5.41) is 0.795. The van der Waals surface area contributed by atoms with Gasteiger partial charge in [0.1, 0.15) is 0 Å². The van der Waals surface area contributed by atoms with E-state index in [1.807, 2.05) is 25.0 Å². The van der Waals surface area contributed by atoms with Crippen molar-refractivity contribution < 1.29 is 0 Å². The van der Waals surface area contributed by atoms with Crippen molar-refractivity contribution in [1.29, 1.82) is 0 Å². The molecule has 0 spiro atoms. The number of hydrogen-bond donors (Lipinski definition) is 2. The van der Waals surface area contributed by atoms with E-state index >= 15 is 0 Å². The van der Waals surface area contributed by atoms with Gasteiger partial charge < -0.3 is 21.3 Å². The van der Waals surface area contributed by atoms with E-state index in [1.54, 1.807) is 0 Å². The Morgan fingerprint density at radius 3 is 1.79 bits per heavy atom. The second-order valence-electron chi connectivity index (χ2n) is 6.51. The van der Waals surface area contributed by atoms with Gasteiger partial charge in [0.2, 0.25) is 29.1 Å². The first-order valence-electron chi connectivity index (χ1n) is 9.38. The number of halogens is 1. The van der Waals surface area contributed by atoms with Crippen molar-refractivity contribution in [2.45, 2.75) is 58.8 Å². The SMILES string of the molecule is CCN(CC)c1nc(N)nc(Cl)n1.CSc1nc(N)nc(N(C(C)C)C(C)C)n1. The number of hydrogen-bond acceptors (Lipinski definition) is 11. The molecule has 0 aliphatic rings. The standard InChI is InChI=1S/C10H19N5S.C7H12ClN5/c1-6(2)15(7(3)4)9-12-8(11)13-10(14-9)16-5;1-3-13(4-2)7-11-5(8)10-6(9)12-7/h6-7H,1-5H3,(H2,11,12,13,14);3-4H2,1-2H3,(H2,9,10,11,12). The zero-order chi connectivity index (χ0) is 22.1. The van der Waals surface area contributed by atoms with Crippen LogP contribution in [0.25, 0.3) is 0 Å². The smallest absolute Gasteiger partial charge is 0.231 e. The summed E-state index contributed by atoms with van der Waals surface area (Å²) in [7, 11) is 0. The highest BCUT2D eigenvalue weighted by Crippen LogP contribution is 2.19. The number of aromatic nitrogens is 6. The highest BCUT2D eigenvalue weighted by molar-refractivity contribution is 7.98. The minimum absolute atomic E-state index is 0.134. The van der Waals surface area contributed by atoms with Gasteiger partial charge in [-0.1, -0.05) is 11.8 Å². The van der Waals surface area contributed by atoms with Crippen LogP contribution in [0.15, 0.2) is 5.16 Å². The molecule has 0 bridgehead atoms. The van der Waals surface area contributed by atoms with Crippen molar-refractivity contribution in [3.05, 3.63) is 5.28 Å². The molecule has 2 rings (SSSR count). The molecular weight excluding hydrogens is 412 g/mol. The second kappa shape index (κ2) is 11.8. The zero-order valence-electron chi connectivity index (χ0n) is 18.1. The fourth-order valence-corrected chi connectivity index (χ4v) is 3.15. The van der Waals surface area contributed by atoms with Gasteiger partial charge in [-0.25, -0.2) is 0 Å². The Morgan fingerprint density at radius 1 is 0.828 bits per heavy atom. The van der Waals surface area contributed by atoms with E-state index < -0.39 is 0 Å². The highest BCUT2D eigenvalue weighted by Gasteiger charge is 2.18. The fourth-order valence-electron chi connectivity index (χ4n) is 2.63. The van der Waals surface area contributed by atoms with Crippen molar-refractivity contribution in [2.75, 3.05) is 40.6 Å². The molecule has 4 N–H and O–H groups in total. The Hall–Kier alpha value is -2.14. The molecule has 2 aromatic rings. The Labute approximate surface area is 181 Å². The lowest BCUT2D eigenvalue weighted by Gasteiger charge is -2.30. The molecule has 0 fully saturated rings. The second-order valence-corrected chi connectivity index (χ2v) is 7.62. The van der Waals surface area contributed by atoms with Crippen LogP contribution in [0.4, 0.5) is 23.8 Å². The quantitative estimate of drug-likeness (QED) is 0.612. The third kappa shape index (κ3) is 7.65. The van der Waals surface area contributed by atoms with E-state index in [-0.39, 0.29) is 17.2 Å². The highest BCUT2D eigenvalue weighted by atomic mass is 35.5. The van der Waals surface area contributed by atoms with Gasteiger partial charge in [0.15, 0.2) is 5.16 Å². The molecule has 0 aliphatic carbocycles. The van der Waals surface area contributed by atoms with Gasteiger partial charge in [0, 0.05) is 25.2 Å². The number of anilines is 4. The fraction of sp³-hybridized carbons (Fsp3) is 0.647. The Morgan fingerprint density at radius 2 is 1.34 bits per heavy atom. The molecule has 0 atom stereocenters. The molecule has 12 heteroatoms. The van der Waals surface area contributed by atoms with Gasteiger partial charge in [-0.2, -0.15) is 29.9 Å². The van der Waals surface area contributed by atoms with E-state index in [0.717, 1.165) is 13.1 Å². The van der Waals surface area contributed by atoms with Crippen LogP contribution in [0, 0.1) is 0 Å². The van der Waals surface area contributed by atoms with E-state index in [1.165, 1.54) is 11.8 Å². The molecule has 162 valence electrons. The third-order valence-electron chi connectivity index (χ3n) is 3.81. The van der Waals surface area contributed by atoms with Gasteiger partial charge in [0.25, 0.3) is 0 Å². The summed E-state index contributed by atoms with van der Waals surface area (Å²) in [6, 6.07) is 0.660. The van der Waals surface area contributed by atoms with Crippen LogP contribution < -0.4 is 21.3 Å². The topological polar surface area (TPSA) is 136 Å². The van der Waals surface area contributed by atoms with Crippen molar-refractivity contribution >= 4 is 47.2 Å². The van der Waals surface area contributed by atoms with Crippen LogP contribution in [-0.4, -0.2) is 61.3 Å². The molecule has 0 saturated heterocycles. The van der Waals surface area contributed by atoms with Crippen LogP contribution in [0.5, 0.6) is 0 Å². The molecule has 2 aromatic heterocycles. The van der Waals surface area contributed by atoms with E-state index in [9.17, 15) is 0 Å². The molecule has 0 radical (unpaired) electrons. The monoisotopic (exact) mass is 442 g/mol.